The first-order valence-electron chi connectivity index (χ1n) is 10.6. The van der Waals surface area contributed by atoms with Gasteiger partial charge in [0.2, 0.25) is 5.95 Å². The number of rotatable bonds is 8. The molecule has 1 atom stereocenters. The third-order valence-electron chi connectivity index (χ3n) is 5.66. The Morgan fingerprint density at radius 1 is 1.21 bits per heavy atom. The van der Waals surface area contributed by atoms with Crippen molar-refractivity contribution in [2.75, 3.05) is 25.7 Å². The molecular formula is C24H23ClFN3O5. The number of hydrogen-bond donors (Lipinski definition) is 1. The van der Waals surface area contributed by atoms with Gasteiger partial charge in [0.05, 0.1) is 31.0 Å². The van der Waals surface area contributed by atoms with Crippen LogP contribution in [-0.4, -0.2) is 41.8 Å². The lowest BCUT2D eigenvalue weighted by molar-refractivity contribution is 0.0692. The Hall–Kier alpha value is -3.59. The molecule has 1 fully saturated rings. The number of anilines is 1. The molecule has 0 amide bonds. The highest BCUT2D eigenvalue weighted by Crippen LogP contribution is 2.40. The van der Waals surface area contributed by atoms with Crippen molar-refractivity contribution < 1.29 is 28.5 Å². The smallest absolute Gasteiger partial charge is 0.339 e. The van der Waals surface area contributed by atoms with Gasteiger partial charge < -0.3 is 24.2 Å². The average molecular weight is 488 g/mol. The molecule has 1 N–H and O–H groups in total. The van der Waals surface area contributed by atoms with Crippen molar-refractivity contribution in [1.82, 2.24) is 9.97 Å². The molecule has 1 aromatic heterocycles. The second kappa shape index (κ2) is 10.1. The predicted octanol–water partition coefficient (Wildman–Crippen LogP) is 4.91. The maximum atomic E-state index is 13.4. The second-order valence-electron chi connectivity index (χ2n) is 7.66. The SMILES string of the molecule is COc1ccc(OC)c(C2CCCN2c2ncc(C(=O)O)c(COc3ccc(F)c(Cl)c3)n2)c1. The maximum Gasteiger partial charge on any atom is 0.339 e. The Balaban J connectivity index is 1.65. The molecule has 2 aromatic carbocycles. The van der Waals surface area contributed by atoms with E-state index >= 15 is 0 Å². The fraction of sp³-hybridized carbons (Fsp3) is 0.292. The summed E-state index contributed by atoms with van der Waals surface area (Å²) in [6.07, 6.45) is 3.02. The fourth-order valence-electron chi connectivity index (χ4n) is 3.98. The standard InChI is InChI=1S/C24H23ClFN3O5/c1-32-14-6-8-22(33-2)16(10-14)21-4-3-9-29(21)24-27-12-17(23(30)31)20(28-24)13-34-15-5-7-19(26)18(25)11-15/h5-8,10-12,21H,3-4,9,13H2,1-2H3,(H,30,31). The summed E-state index contributed by atoms with van der Waals surface area (Å²) in [7, 11) is 3.21. The van der Waals surface area contributed by atoms with Gasteiger partial charge in [-0.15, -0.1) is 0 Å². The molecule has 0 spiro atoms. The molecule has 8 nitrogen and oxygen atoms in total. The Labute approximate surface area is 200 Å². The zero-order valence-electron chi connectivity index (χ0n) is 18.6. The van der Waals surface area contributed by atoms with Gasteiger partial charge in [-0.05, 0) is 43.2 Å². The van der Waals surface area contributed by atoms with Crippen molar-refractivity contribution in [2.24, 2.45) is 0 Å². The van der Waals surface area contributed by atoms with Gasteiger partial charge in [0.15, 0.2) is 0 Å². The van der Waals surface area contributed by atoms with E-state index in [1.165, 1.54) is 24.4 Å². The van der Waals surface area contributed by atoms with Crippen molar-refractivity contribution in [1.29, 1.82) is 0 Å². The number of hydrogen-bond acceptors (Lipinski definition) is 7. The Kier molecular flexibility index (Phi) is 7.02. The Bertz CT molecular complexity index is 1210. The molecule has 1 aliphatic heterocycles. The number of aromatic nitrogens is 2. The number of benzene rings is 2. The van der Waals surface area contributed by atoms with E-state index in [2.05, 4.69) is 9.97 Å². The predicted molar refractivity (Wildman–Crippen MR) is 124 cm³/mol. The Morgan fingerprint density at radius 2 is 2.00 bits per heavy atom. The minimum Gasteiger partial charge on any atom is -0.497 e. The van der Waals surface area contributed by atoms with E-state index in [-0.39, 0.29) is 28.9 Å². The normalized spacial score (nSPS) is 15.3. The first-order valence-corrected chi connectivity index (χ1v) is 10.9. The summed E-state index contributed by atoms with van der Waals surface area (Å²) in [5.74, 6) is 0.358. The first kappa shape index (κ1) is 23.6. The highest BCUT2D eigenvalue weighted by molar-refractivity contribution is 6.30. The summed E-state index contributed by atoms with van der Waals surface area (Å²) >= 11 is 5.81. The summed E-state index contributed by atoms with van der Waals surface area (Å²) in [4.78, 5) is 22.6. The zero-order valence-corrected chi connectivity index (χ0v) is 19.4. The van der Waals surface area contributed by atoms with Crippen molar-refractivity contribution in [3.63, 3.8) is 0 Å². The number of carboxylic acid groups (broad SMARTS) is 1. The van der Waals surface area contributed by atoms with Crippen LogP contribution in [0.25, 0.3) is 0 Å². The molecule has 0 aliphatic carbocycles. The number of methoxy groups -OCH3 is 2. The molecule has 1 aliphatic rings. The van der Waals surface area contributed by atoms with Gasteiger partial charge in [0.1, 0.15) is 35.2 Å². The number of halogens is 2. The average Bonchev–Trinajstić information content (AvgIpc) is 3.34. The molecule has 4 rings (SSSR count). The number of ether oxygens (including phenoxy) is 3. The van der Waals surface area contributed by atoms with Crippen LogP contribution in [0.2, 0.25) is 5.02 Å². The van der Waals surface area contributed by atoms with Gasteiger partial charge >= 0.3 is 5.97 Å². The van der Waals surface area contributed by atoms with E-state index in [1.54, 1.807) is 14.2 Å². The van der Waals surface area contributed by atoms with Gasteiger partial charge in [-0.25, -0.2) is 19.2 Å². The van der Waals surface area contributed by atoms with E-state index in [4.69, 9.17) is 25.8 Å². The Morgan fingerprint density at radius 3 is 2.71 bits per heavy atom. The number of carbonyl (C=O) groups is 1. The van der Waals surface area contributed by atoms with Crippen molar-refractivity contribution >= 4 is 23.5 Å². The molecule has 178 valence electrons. The summed E-state index contributed by atoms with van der Waals surface area (Å²) in [6, 6.07) is 9.45. The van der Waals surface area contributed by atoms with Crippen LogP contribution in [0.1, 0.15) is 40.5 Å². The van der Waals surface area contributed by atoms with Crippen LogP contribution in [0.5, 0.6) is 17.2 Å². The minimum atomic E-state index is -1.17. The van der Waals surface area contributed by atoms with E-state index in [0.717, 1.165) is 24.2 Å². The molecule has 34 heavy (non-hydrogen) atoms. The van der Waals surface area contributed by atoms with E-state index < -0.39 is 11.8 Å². The van der Waals surface area contributed by atoms with Crippen LogP contribution >= 0.6 is 11.6 Å². The lowest BCUT2D eigenvalue weighted by atomic mass is 10.0. The van der Waals surface area contributed by atoms with Gasteiger partial charge in [-0.2, -0.15) is 0 Å². The zero-order chi connectivity index (χ0) is 24.2. The highest BCUT2D eigenvalue weighted by atomic mass is 35.5. The maximum absolute atomic E-state index is 13.4. The van der Waals surface area contributed by atoms with E-state index in [0.29, 0.717) is 24.0 Å². The molecule has 0 saturated carbocycles. The third-order valence-corrected chi connectivity index (χ3v) is 5.95. The van der Waals surface area contributed by atoms with Gasteiger partial charge in [-0.1, -0.05) is 11.6 Å². The van der Waals surface area contributed by atoms with Crippen molar-refractivity contribution in [2.45, 2.75) is 25.5 Å². The topological polar surface area (TPSA) is 94.0 Å². The molecule has 3 aromatic rings. The monoisotopic (exact) mass is 487 g/mol. The van der Waals surface area contributed by atoms with Gasteiger partial charge in [-0.3, -0.25) is 0 Å². The molecular weight excluding hydrogens is 465 g/mol. The van der Waals surface area contributed by atoms with Crippen LogP contribution in [-0.2, 0) is 6.61 Å². The largest absolute Gasteiger partial charge is 0.497 e. The number of nitrogens with zero attached hydrogens (tertiary/aromatic N) is 3. The van der Waals surface area contributed by atoms with Crippen molar-refractivity contribution in [3.8, 4) is 17.2 Å². The van der Waals surface area contributed by atoms with Crippen molar-refractivity contribution in [3.05, 3.63) is 70.3 Å². The molecule has 10 heteroatoms. The van der Waals surface area contributed by atoms with Crippen LogP contribution < -0.4 is 19.1 Å². The molecule has 1 unspecified atom stereocenters. The summed E-state index contributed by atoms with van der Waals surface area (Å²) < 4.78 is 30.0. The molecule has 0 bridgehead atoms. The fourth-order valence-corrected chi connectivity index (χ4v) is 4.15. The summed E-state index contributed by atoms with van der Waals surface area (Å²) in [5, 5.41) is 9.51. The third kappa shape index (κ3) is 4.84. The second-order valence-corrected chi connectivity index (χ2v) is 8.07. The minimum absolute atomic E-state index is 0.0772. The van der Waals surface area contributed by atoms with Gasteiger partial charge in [0.25, 0.3) is 0 Å². The lowest BCUT2D eigenvalue weighted by Crippen LogP contribution is -2.26. The molecule has 1 saturated heterocycles. The van der Waals surface area contributed by atoms with Crippen LogP contribution in [0, 0.1) is 5.82 Å². The summed E-state index contributed by atoms with van der Waals surface area (Å²) in [5.41, 5.74) is 1.05. The van der Waals surface area contributed by atoms with E-state index in [9.17, 15) is 14.3 Å². The van der Waals surface area contributed by atoms with Crippen LogP contribution in [0.15, 0.2) is 42.6 Å². The number of carboxylic acids is 1. The van der Waals surface area contributed by atoms with Crippen LogP contribution in [0.4, 0.5) is 10.3 Å². The van der Waals surface area contributed by atoms with E-state index in [1.807, 2.05) is 23.1 Å². The molecule has 0 radical (unpaired) electrons. The van der Waals surface area contributed by atoms with Crippen LogP contribution in [0.3, 0.4) is 0 Å². The lowest BCUT2D eigenvalue weighted by Gasteiger charge is -2.27. The highest BCUT2D eigenvalue weighted by Gasteiger charge is 2.31. The molecule has 2 heterocycles. The summed E-state index contributed by atoms with van der Waals surface area (Å²) in [6.45, 7) is 0.533. The van der Waals surface area contributed by atoms with Gasteiger partial charge in [0, 0.05) is 24.4 Å². The number of aromatic carboxylic acids is 1. The first-order chi connectivity index (χ1) is 16.4. The quantitative estimate of drug-likeness (QED) is 0.479.